The number of hydrogen-bond acceptors (Lipinski definition) is 6. The smallest absolute Gasteiger partial charge is 0.243 e. The number of halogens is 1. The van der Waals surface area contributed by atoms with Crippen molar-refractivity contribution in [1.29, 1.82) is 0 Å². The van der Waals surface area contributed by atoms with Gasteiger partial charge in [0.15, 0.2) is 0 Å². The molecule has 2 N–H and O–H groups in total. The second kappa shape index (κ2) is 8.04. The van der Waals surface area contributed by atoms with Crippen LogP contribution in [0.3, 0.4) is 0 Å². The van der Waals surface area contributed by atoms with Crippen molar-refractivity contribution in [2.45, 2.75) is 5.03 Å². The lowest BCUT2D eigenvalue weighted by Crippen LogP contribution is -2.33. The molecule has 0 aliphatic rings. The highest BCUT2D eigenvalue weighted by atomic mass is 32.2. The molecule has 0 spiro atoms. The van der Waals surface area contributed by atoms with Crippen molar-refractivity contribution in [2.24, 2.45) is 0 Å². The first-order chi connectivity index (χ1) is 12.1. The van der Waals surface area contributed by atoms with E-state index < -0.39 is 0 Å². The van der Waals surface area contributed by atoms with Gasteiger partial charge in [-0.3, -0.25) is 9.59 Å². The van der Waals surface area contributed by atoms with Gasteiger partial charge in [0.2, 0.25) is 11.8 Å². The number of aromatic nitrogens is 2. The van der Waals surface area contributed by atoms with E-state index in [2.05, 4.69) is 20.6 Å². The maximum Gasteiger partial charge on any atom is 0.243 e. The van der Waals surface area contributed by atoms with Gasteiger partial charge in [-0.15, -0.1) is 11.3 Å². The van der Waals surface area contributed by atoms with E-state index >= 15 is 0 Å². The Bertz CT molecular complexity index is 899. The third-order valence-corrected chi connectivity index (χ3v) is 4.97. The summed E-state index contributed by atoms with van der Waals surface area (Å²) in [6.45, 7) is -0.158. The Morgan fingerprint density at radius 1 is 1.12 bits per heavy atom. The van der Waals surface area contributed by atoms with E-state index in [-0.39, 0.29) is 29.9 Å². The highest BCUT2D eigenvalue weighted by Crippen LogP contribution is 2.27. The topological polar surface area (TPSA) is 84.0 Å². The lowest BCUT2D eigenvalue weighted by atomic mass is 10.3. The number of nitrogens with one attached hydrogen (secondary N) is 2. The van der Waals surface area contributed by atoms with Gasteiger partial charge in [0.05, 0.1) is 12.3 Å². The van der Waals surface area contributed by atoms with Gasteiger partial charge in [0.25, 0.3) is 0 Å². The number of benzene rings is 1. The lowest BCUT2D eigenvalue weighted by molar-refractivity contribution is -0.122. The van der Waals surface area contributed by atoms with Gasteiger partial charge in [0, 0.05) is 11.1 Å². The predicted octanol–water partition coefficient (Wildman–Crippen LogP) is 2.68. The zero-order chi connectivity index (χ0) is 17.6. The maximum atomic E-state index is 12.8. The van der Waals surface area contributed by atoms with Crippen molar-refractivity contribution in [2.75, 3.05) is 17.6 Å². The maximum absolute atomic E-state index is 12.8. The minimum absolute atomic E-state index is 0.145. The quantitative estimate of drug-likeness (QED) is 0.510. The predicted molar refractivity (Wildman–Crippen MR) is 96.2 cm³/mol. The van der Waals surface area contributed by atoms with Crippen molar-refractivity contribution >= 4 is 50.8 Å². The van der Waals surface area contributed by atoms with Gasteiger partial charge in [-0.25, -0.2) is 14.4 Å². The third-order valence-electron chi connectivity index (χ3n) is 3.14. The molecule has 0 aliphatic carbocycles. The number of thiophene rings is 1. The van der Waals surface area contributed by atoms with E-state index in [1.807, 2.05) is 11.4 Å². The number of carbonyl (C=O) groups is 2. The molecule has 9 heteroatoms. The fourth-order valence-electron chi connectivity index (χ4n) is 1.98. The molecule has 2 amide bonds. The molecule has 0 saturated carbocycles. The molecule has 25 heavy (non-hydrogen) atoms. The van der Waals surface area contributed by atoms with Gasteiger partial charge in [-0.1, -0.05) is 11.8 Å². The number of carbonyl (C=O) groups excluding carboxylic acids is 2. The van der Waals surface area contributed by atoms with Crippen LogP contribution in [0.2, 0.25) is 0 Å². The molecule has 128 valence electrons. The van der Waals surface area contributed by atoms with Crippen LogP contribution in [-0.2, 0) is 9.59 Å². The summed E-state index contributed by atoms with van der Waals surface area (Å²) in [5.74, 6) is -0.896. The van der Waals surface area contributed by atoms with E-state index in [9.17, 15) is 14.0 Å². The summed E-state index contributed by atoms with van der Waals surface area (Å²) < 4.78 is 12.8. The molecular weight excluding hydrogens is 363 g/mol. The number of anilines is 1. The molecule has 0 fully saturated rings. The van der Waals surface area contributed by atoms with E-state index in [0.29, 0.717) is 5.69 Å². The minimum atomic E-state index is -0.382. The summed E-state index contributed by atoms with van der Waals surface area (Å²) in [7, 11) is 0. The Morgan fingerprint density at radius 2 is 1.92 bits per heavy atom. The molecule has 0 unspecified atom stereocenters. The van der Waals surface area contributed by atoms with Crippen LogP contribution in [0.5, 0.6) is 0 Å². The number of thioether (sulfide) groups is 1. The van der Waals surface area contributed by atoms with Crippen LogP contribution in [0.15, 0.2) is 47.1 Å². The zero-order valence-corrected chi connectivity index (χ0v) is 14.5. The van der Waals surface area contributed by atoms with E-state index in [0.717, 1.165) is 15.2 Å². The summed E-state index contributed by atoms with van der Waals surface area (Å²) in [4.78, 5) is 32.9. The fourth-order valence-corrected chi connectivity index (χ4v) is 3.59. The number of nitrogens with zero attached hydrogens (tertiary/aromatic N) is 2. The molecule has 3 rings (SSSR count). The van der Waals surface area contributed by atoms with Crippen molar-refractivity contribution in [1.82, 2.24) is 15.3 Å². The Morgan fingerprint density at radius 3 is 2.72 bits per heavy atom. The van der Waals surface area contributed by atoms with Crippen LogP contribution in [-0.4, -0.2) is 34.1 Å². The Labute approximate surface area is 150 Å². The van der Waals surface area contributed by atoms with Gasteiger partial charge in [-0.05, 0) is 35.7 Å². The van der Waals surface area contributed by atoms with Crippen molar-refractivity contribution < 1.29 is 14.0 Å². The molecule has 1 aromatic carbocycles. The van der Waals surface area contributed by atoms with Crippen LogP contribution in [0.4, 0.5) is 10.1 Å². The van der Waals surface area contributed by atoms with Crippen molar-refractivity contribution in [3.63, 3.8) is 0 Å². The number of hydrogen-bond donors (Lipinski definition) is 2. The molecule has 0 bridgehead atoms. The Kier molecular flexibility index (Phi) is 5.56. The average molecular weight is 376 g/mol. The Balaban J connectivity index is 1.45. The van der Waals surface area contributed by atoms with Crippen LogP contribution >= 0.6 is 23.1 Å². The molecule has 0 radical (unpaired) electrons. The van der Waals surface area contributed by atoms with Crippen molar-refractivity contribution in [3.8, 4) is 0 Å². The first-order valence-electron chi connectivity index (χ1n) is 7.25. The molecule has 2 aromatic heterocycles. The highest BCUT2D eigenvalue weighted by Gasteiger charge is 2.10. The van der Waals surface area contributed by atoms with Crippen LogP contribution < -0.4 is 10.6 Å². The molecule has 0 aliphatic heterocycles. The summed E-state index contributed by atoms with van der Waals surface area (Å²) in [6, 6.07) is 7.31. The molecule has 2 heterocycles. The molecule has 0 atom stereocenters. The normalized spacial score (nSPS) is 10.6. The Hall–Kier alpha value is -2.52. The summed E-state index contributed by atoms with van der Waals surface area (Å²) in [6.07, 6.45) is 1.47. The second-order valence-electron chi connectivity index (χ2n) is 4.94. The van der Waals surface area contributed by atoms with Gasteiger partial charge < -0.3 is 10.6 Å². The minimum Gasteiger partial charge on any atom is -0.346 e. The summed E-state index contributed by atoms with van der Waals surface area (Å²) in [5, 5.41) is 8.68. The van der Waals surface area contributed by atoms with Crippen LogP contribution in [0, 0.1) is 5.82 Å². The SMILES string of the molecule is O=C(CSc1ncnc2sccc12)NCC(=O)Nc1ccc(F)cc1. The molecule has 0 saturated heterocycles. The fraction of sp³-hybridized carbons (Fsp3) is 0.125. The van der Waals surface area contributed by atoms with E-state index in [4.69, 9.17) is 0 Å². The summed E-state index contributed by atoms with van der Waals surface area (Å²) in [5.41, 5.74) is 0.468. The first kappa shape index (κ1) is 17.3. The third kappa shape index (κ3) is 4.74. The lowest BCUT2D eigenvalue weighted by Gasteiger charge is -2.07. The number of rotatable bonds is 6. The molecular formula is C16H13FN4O2S2. The average Bonchev–Trinajstić information content (AvgIpc) is 3.09. The highest BCUT2D eigenvalue weighted by molar-refractivity contribution is 8.00. The standard InChI is InChI=1S/C16H13FN4O2S2/c17-10-1-3-11(4-2-10)21-13(22)7-18-14(23)8-25-16-12-5-6-24-15(12)19-9-20-16/h1-6,9H,7-8H2,(H,18,23)(H,21,22). The summed E-state index contributed by atoms with van der Waals surface area (Å²) >= 11 is 2.80. The molecule has 6 nitrogen and oxygen atoms in total. The van der Waals surface area contributed by atoms with Gasteiger partial charge in [-0.2, -0.15) is 0 Å². The van der Waals surface area contributed by atoms with Gasteiger partial charge in [0.1, 0.15) is 22.0 Å². The monoisotopic (exact) mass is 376 g/mol. The zero-order valence-electron chi connectivity index (χ0n) is 12.9. The second-order valence-corrected chi connectivity index (χ2v) is 6.80. The largest absolute Gasteiger partial charge is 0.346 e. The first-order valence-corrected chi connectivity index (χ1v) is 9.11. The number of amides is 2. The van der Waals surface area contributed by atoms with E-state index in [1.54, 1.807) is 0 Å². The van der Waals surface area contributed by atoms with Gasteiger partial charge >= 0.3 is 0 Å². The molecule has 3 aromatic rings. The number of fused-ring (bicyclic) bond motifs is 1. The van der Waals surface area contributed by atoms with Crippen LogP contribution in [0.25, 0.3) is 10.2 Å². The van der Waals surface area contributed by atoms with E-state index in [1.165, 1.54) is 53.7 Å². The van der Waals surface area contributed by atoms with Crippen molar-refractivity contribution in [3.05, 3.63) is 47.9 Å². The van der Waals surface area contributed by atoms with Crippen LogP contribution in [0.1, 0.15) is 0 Å².